The van der Waals surface area contributed by atoms with Crippen molar-refractivity contribution < 1.29 is 0 Å². The molecule has 1 fully saturated rings. The molecule has 0 unspecified atom stereocenters. The highest BCUT2D eigenvalue weighted by Crippen LogP contribution is 2.13. The molecule has 15 heavy (non-hydrogen) atoms. The zero-order valence-corrected chi connectivity index (χ0v) is 9.61. The van der Waals surface area contributed by atoms with Crippen LogP contribution in [0.4, 0.5) is 0 Å². The number of hydrogen-bond donors (Lipinski definition) is 1. The Labute approximate surface area is 91.1 Å². The monoisotopic (exact) mass is 208 g/mol. The van der Waals surface area contributed by atoms with E-state index in [0.717, 1.165) is 38.3 Å². The average Bonchev–Trinajstić information content (AvgIpc) is 2.73. The molecule has 0 bridgehead atoms. The molecule has 2 N–H and O–H groups in total. The van der Waals surface area contributed by atoms with E-state index in [2.05, 4.69) is 27.7 Å². The van der Waals surface area contributed by atoms with Crippen LogP contribution in [0.5, 0.6) is 0 Å². The van der Waals surface area contributed by atoms with Crippen molar-refractivity contribution in [2.75, 3.05) is 13.1 Å². The highest BCUT2D eigenvalue weighted by Gasteiger charge is 2.20. The highest BCUT2D eigenvalue weighted by atomic mass is 15.3. The van der Waals surface area contributed by atoms with E-state index >= 15 is 0 Å². The van der Waals surface area contributed by atoms with Gasteiger partial charge in [0.05, 0.1) is 11.4 Å². The minimum Gasteiger partial charge on any atom is -0.326 e. The van der Waals surface area contributed by atoms with Gasteiger partial charge in [0.25, 0.3) is 0 Å². The van der Waals surface area contributed by atoms with Crippen molar-refractivity contribution in [2.24, 2.45) is 5.73 Å². The van der Waals surface area contributed by atoms with Crippen molar-refractivity contribution in [2.45, 2.75) is 39.4 Å². The van der Waals surface area contributed by atoms with Gasteiger partial charge in [-0.2, -0.15) is 5.10 Å². The van der Waals surface area contributed by atoms with Crippen LogP contribution in [0.25, 0.3) is 0 Å². The molecule has 0 radical (unpaired) electrons. The quantitative estimate of drug-likeness (QED) is 0.797. The summed E-state index contributed by atoms with van der Waals surface area (Å²) >= 11 is 0. The molecule has 1 aliphatic rings. The Kier molecular flexibility index (Phi) is 3.07. The van der Waals surface area contributed by atoms with Gasteiger partial charge in [-0.05, 0) is 26.3 Å². The molecular formula is C11H20N4. The van der Waals surface area contributed by atoms with Crippen LogP contribution in [0.3, 0.4) is 0 Å². The molecular weight excluding hydrogens is 188 g/mol. The maximum absolute atomic E-state index is 5.89. The molecule has 0 amide bonds. The molecule has 84 valence electrons. The molecule has 0 aromatic carbocycles. The van der Waals surface area contributed by atoms with Crippen molar-refractivity contribution in [1.29, 1.82) is 0 Å². The summed E-state index contributed by atoms with van der Waals surface area (Å²) in [5, 5.41) is 4.45. The third kappa shape index (κ3) is 2.38. The first-order chi connectivity index (χ1) is 7.19. The molecule has 1 saturated heterocycles. The van der Waals surface area contributed by atoms with Crippen LogP contribution in [0.2, 0.25) is 0 Å². The van der Waals surface area contributed by atoms with E-state index in [-0.39, 0.29) is 0 Å². The largest absolute Gasteiger partial charge is 0.326 e. The Morgan fingerprint density at radius 1 is 1.60 bits per heavy atom. The smallest absolute Gasteiger partial charge is 0.0597 e. The lowest BCUT2D eigenvalue weighted by Gasteiger charge is -2.15. The van der Waals surface area contributed by atoms with E-state index in [0.29, 0.717) is 6.04 Å². The zero-order valence-electron chi connectivity index (χ0n) is 9.61. The molecule has 0 spiro atoms. The molecule has 1 aliphatic heterocycles. The first-order valence-electron chi connectivity index (χ1n) is 5.70. The van der Waals surface area contributed by atoms with Gasteiger partial charge < -0.3 is 5.73 Å². The summed E-state index contributed by atoms with van der Waals surface area (Å²) in [4.78, 5) is 2.41. The van der Waals surface area contributed by atoms with E-state index in [9.17, 15) is 0 Å². The van der Waals surface area contributed by atoms with Gasteiger partial charge in [0, 0.05) is 32.2 Å². The number of nitrogens with zero attached hydrogens (tertiary/aromatic N) is 3. The van der Waals surface area contributed by atoms with Crippen LogP contribution < -0.4 is 5.73 Å². The predicted molar refractivity (Wildman–Crippen MR) is 60.5 cm³/mol. The lowest BCUT2D eigenvalue weighted by atomic mass is 10.3. The summed E-state index contributed by atoms with van der Waals surface area (Å²) in [6, 6.07) is 2.54. The van der Waals surface area contributed by atoms with E-state index in [1.54, 1.807) is 0 Å². The lowest BCUT2D eigenvalue weighted by molar-refractivity contribution is 0.315. The molecule has 1 aromatic rings. The number of nitrogens with two attached hydrogens (primary N) is 1. The second-order valence-electron chi connectivity index (χ2n) is 4.38. The normalized spacial score (nSPS) is 22.5. The Hall–Kier alpha value is -0.870. The van der Waals surface area contributed by atoms with Gasteiger partial charge in [-0.25, -0.2) is 0 Å². The fourth-order valence-corrected chi connectivity index (χ4v) is 2.24. The summed E-state index contributed by atoms with van der Waals surface area (Å²) in [5.74, 6) is 0. The summed E-state index contributed by atoms with van der Waals surface area (Å²) in [6.07, 6.45) is 1.12. The van der Waals surface area contributed by atoms with Crippen molar-refractivity contribution in [1.82, 2.24) is 14.7 Å². The molecule has 2 heterocycles. The topological polar surface area (TPSA) is 47.1 Å². The number of hydrogen-bond acceptors (Lipinski definition) is 3. The second-order valence-corrected chi connectivity index (χ2v) is 4.38. The van der Waals surface area contributed by atoms with Crippen LogP contribution in [0.15, 0.2) is 6.07 Å². The maximum atomic E-state index is 5.89. The Morgan fingerprint density at radius 2 is 2.40 bits per heavy atom. The maximum Gasteiger partial charge on any atom is 0.0597 e. The predicted octanol–water partition coefficient (Wildman–Crippen LogP) is 0.744. The number of rotatable bonds is 3. The summed E-state index contributed by atoms with van der Waals surface area (Å²) < 4.78 is 2.08. The van der Waals surface area contributed by atoms with Gasteiger partial charge in [-0.15, -0.1) is 0 Å². The molecule has 1 atom stereocenters. The minimum atomic E-state index is 0.365. The SMILES string of the molecule is CCn1nc(C)cc1CN1CC[C@H](N)C1. The summed E-state index contributed by atoms with van der Waals surface area (Å²) in [7, 11) is 0. The molecule has 0 saturated carbocycles. The van der Waals surface area contributed by atoms with Gasteiger partial charge in [0.15, 0.2) is 0 Å². The first kappa shape index (κ1) is 10.6. The van der Waals surface area contributed by atoms with Crippen LogP contribution in [0.1, 0.15) is 24.7 Å². The van der Waals surface area contributed by atoms with Gasteiger partial charge >= 0.3 is 0 Å². The average molecular weight is 208 g/mol. The third-order valence-electron chi connectivity index (χ3n) is 2.98. The molecule has 1 aromatic heterocycles. The van der Waals surface area contributed by atoms with E-state index < -0.39 is 0 Å². The van der Waals surface area contributed by atoms with Crippen molar-refractivity contribution in [3.8, 4) is 0 Å². The lowest BCUT2D eigenvalue weighted by Crippen LogP contribution is -2.27. The van der Waals surface area contributed by atoms with Gasteiger partial charge in [-0.1, -0.05) is 0 Å². The van der Waals surface area contributed by atoms with Crippen LogP contribution in [0, 0.1) is 6.92 Å². The van der Waals surface area contributed by atoms with Crippen LogP contribution in [-0.2, 0) is 13.1 Å². The Morgan fingerprint density at radius 3 is 3.00 bits per heavy atom. The number of likely N-dealkylation sites (tertiary alicyclic amines) is 1. The Bertz CT molecular complexity index is 331. The zero-order chi connectivity index (χ0) is 10.8. The Balaban J connectivity index is 2.03. The molecule has 0 aliphatic carbocycles. The van der Waals surface area contributed by atoms with E-state index in [1.165, 1.54) is 5.69 Å². The fourth-order valence-electron chi connectivity index (χ4n) is 2.24. The second kappa shape index (κ2) is 4.33. The van der Waals surface area contributed by atoms with Crippen LogP contribution >= 0.6 is 0 Å². The first-order valence-corrected chi connectivity index (χ1v) is 5.70. The molecule has 4 heteroatoms. The van der Waals surface area contributed by atoms with Gasteiger partial charge in [-0.3, -0.25) is 9.58 Å². The fraction of sp³-hybridized carbons (Fsp3) is 0.727. The van der Waals surface area contributed by atoms with Crippen molar-refractivity contribution in [3.05, 3.63) is 17.5 Å². The minimum absolute atomic E-state index is 0.365. The van der Waals surface area contributed by atoms with Crippen molar-refractivity contribution in [3.63, 3.8) is 0 Å². The molecule has 4 nitrogen and oxygen atoms in total. The molecule has 2 rings (SSSR count). The van der Waals surface area contributed by atoms with Gasteiger partial charge in [0.1, 0.15) is 0 Å². The van der Waals surface area contributed by atoms with E-state index in [1.807, 2.05) is 6.92 Å². The van der Waals surface area contributed by atoms with E-state index in [4.69, 9.17) is 5.73 Å². The highest BCUT2D eigenvalue weighted by molar-refractivity contribution is 5.09. The van der Waals surface area contributed by atoms with Crippen molar-refractivity contribution >= 4 is 0 Å². The number of aromatic nitrogens is 2. The summed E-state index contributed by atoms with van der Waals surface area (Å²) in [6.45, 7) is 8.26. The standard InChI is InChI=1S/C11H20N4/c1-3-15-11(6-9(2)13-15)8-14-5-4-10(12)7-14/h6,10H,3-5,7-8,12H2,1-2H3/t10-/m0/s1. The third-order valence-corrected chi connectivity index (χ3v) is 2.98. The number of aryl methyl sites for hydroxylation is 2. The summed E-state index contributed by atoms with van der Waals surface area (Å²) in [5.41, 5.74) is 8.31. The van der Waals surface area contributed by atoms with Crippen LogP contribution in [-0.4, -0.2) is 33.8 Å². The van der Waals surface area contributed by atoms with Gasteiger partial charge in [0.2, 0.25) is 0 Å².